The second-order valence-corrected chi connectivity index (χ2v) is 6.99. The number of carboxylic acid groups (broad SMARTS) is 1. The highest BCUT2D eigenvalue weighted by Gasteiger charge is 2.40. The number of nitrogens with zero attached hydrogens (tertiary/aromatic N) is 2. The Balaban J connectivity index is 2.68. The van der Waals surface area contributed by atoms with Crippen LogP contribution in [0.4, 0.5) is 4.79 Å². The molecule has 0 bridgehead atoms. The summed E-state index contributed by atoms with van der Waals surface area (Å²) in [5.74, 6) is -1.37. The van der Waals surface area contributed by atoms with Crippen molar-refractivity contribution in [2.75, 3.05) is 32.1 Å². The second kappa shape index (κ2) is 5.74. The maximum Gasteiger partial charge on any atom is 0.326 e. The molecule has 1 rings (SSSR count). The van der Waals surface area contributed by atoms with Gasteiger partial charge in [0.05, 0.1) is 11.9 Å². The molecule has 0 unspecified atom stereocenters. The van der Waals surface area contributed by atoms with Gasteiger partial charge in [0, 0.05) is 32.8 Å². The van der Waals surface area contributed by atoms with Gasteiger partial charge >= 0.3 is 12.0 Å². The Morgan fingerprint density at radius 2 is 2.00 bits per heavy atom. The first-order chi connectivity index (χ1) is 8.61. The summed E-state index contributed by atoms with van der Waals surface area (Å²) in [5, 5.41) is 18.4. The third-order valence-electron chi connectivity index (χ3n) is 2.93. The molecule has 9 heteroatoms. The standard InChI is InChI=1S/C10H18N2O6S/c1-11(3-4-19(2,17)18)10(16)12-6-7(13)5-8(12)9(14)15/h7-8,13H,3-6H2,1-2H3,(H,14,15)/t7-,8-/m1/s1. The molecule has 0 spiro atoms. The van der Waals surface area contributed by atoms with Crippen LogP contribution in [0.25, 0.3) is 0 Å². The molecule has 1 aliphatic rings. The molecule has 0 radical (unpaired) electrons. The van der Waals surface area contributed by atoms with Crippen LogP contribution in [-0.4, -0.2) is 84.7 Å². The monoisotopic (exact) mass is 294 g/mol. The average Bonchev–Trinajstić information content (AvgIpc) is 2.66. The molecule has 2 atom stereocenters. The van der Waals surface area contributed by atoms with E-state index < -0.39 is 34.0 Å². The fourth-order valence-corrected chi connectivity index (χ4v) is 2.48. The maximum absolute atomic E-state index is 12.0. The fraction of sp³-hybridized carbons (Fsp3) is 0.800. The number of likely N-dealkylation sites (tertiary alicyclic amines) is 1. The Labute approximate surface area is 111 Å². The zero-order valence-electron chi connectivity index (χ0n) is 10.8. The minimum absolute atomic E-state index is 0.0129. The minimum Gasteiger partial charge on any atom is -0.480 e. The second-order valence-electron chi connectivity index (χ2n) is 4.73. The zero-order valence-corrected chi connectivity index (χ0v) is 11.6. The first kappa shape index (κ1) is 15.7. The van der Waals surface area contributed by atoms with E-state index in [-0.39, 0.29) is 25.3 Å². The molecule has 0 aliphatic carbocycles. The van der Waals surface area contributed by atoms with E-state index >= 15 is 0 Å². The van der Waals surface area contributed by atoms with Gasteiger partial charge in [0.2, 0.25) is 0 Å². The van der Waals surface area contributed by atoms with E-state index in [0.29, 0.717) is 0 Å². The van der Waals surface area contributed by atoms with Crippen molar-refractivity contribution >= 4 is 21.8 Å². The lowest BCUT2D eigenvalue weighted by Crippen LogP contribution is -2.47. The third kappa shape index (κ3) is 4.35. The fourth-order valence-electron chi connectivity index (χ4n) is 1.88. The van der Waals surface area contributed by atoms with Crippen molar-refractivity contribution in [1.82, 2.24) is 9.80 Å². The molecule has 19 heavy (non-hydrogen) atoms. The number of carbonyl (C=O) groups excluding carboxylic acids is 1. The number of carboxylic acids is 1. The molecule has 1 saturated heterocycles. The van der Waals surface area contributed by atoms with Crippen molar-refractivity contribution in [2.24, 2.45) is 0 Å². The van der Waals surface area contributed by atoms with Gasteiger partial charge in [0.25, 0.3) is 0 Å². The number of urea groups is 1. The van der Waals surface area contributed by atoms with Crippen LogP contribution in [0.3, 0.4) is 0 Å². The van der Waals surface area contributed by atoms with Crippen molar-refractivity contribution < 1.29 is 28.2 Å². The van der Waals surface area contributed by atoms with Gasteiger partial charge in [-0.25, -0.2) is 18.0 Å². The van der Waals surface area contributed by atoms with Crippen LogP contribution in [0.5, 0.6) is 0 Å². The predicted octanol–water partition coefficient (Wildman–Crippen LogP) is -1.40. The molecule has 2 N–H and O–H groups in total. The van der Waals surface area contributed by atoms with E-state index in [9.17, 15) is 23.1 Å². The van der Waals surface area contributed by atoms with Crippen molar-refractivity contribution in [3.05, 3.63) is 0 Å². The number of rotatable bonds is 4. The van der Waals surface area contributed by atoms with Crippen LogP contribution in [0.15, 0.2) is 0 Å². The van der Waals surface area contributed by atoms with Crippen LogP contribution in [-0.2, 0) is 14.6 Å². The maximum atomic E-state index is 12.0. The number of aliphatic carboxylic acids is 1. The van der Waals surface area contributed by atoms with E-state index in [1.165, 1.54) is 7.05 Å². The van der Waals surface area contributed by atoms with Crippen LogP contribution in [0.1, 0.15) is 6.42 Å². The number of aliphatic hydroxyl groups is 1. The van der Waals surface area contributed by atoms with Gasteiger partial charge in [-0.1, -0.05) is 0 Å². The van der Waals surface area contributed by atoms with Crippen LogP contribution in [0, 0.1) is 0 Å². The number of amides is 2. The van der Waals surface area contributed by atoms with Gasteiger partial charge in [-0.3, -0.25) is 0 Å². The largest absolute Gasteiger partial charge is 0.480 e. The Morgan fingerprint density at radius 3 is 2.47 bits per heavy atom. The van der Waals surface area contributed by atoms with Crippen molar-refractivity contribution in [2.45, 2.75) is 18.6 Å². The molecule has 0 saturated carbocycles. The van der Waals surface area contributed by atoms with Crippen LogP contribution in [0.2, 0.25) is 0 Å². The molecule has 8 nitrogen and oxygen atoms in total. The van der Waals surface area contributed by atoms with E-state index in [2.05, 4.69) is 0 Å². The molecule has 1 fully saturated rings. The number of hydrogen-bond donors (Lipinski definition) is 2. The lowest BCUT2D eigenvalue weighted by atomic mass is 10.2. The quantitative estimate of drug-likeness (QED) is 0.659. The lowest BCUT2D eigenvalue weighted by Gasteiger charge is -2.27. The molecule has 110 valence electrons. The van der Waals surface area contributed by atoms with E-state index in [1.807, 2.05) is 0 Å². The van der Waals surface area contributed by atoms with Crippen molar-refractivity contribution in [3.8, 4) is 0 Å². The van der Waals surface area contributed by atoms with Crippen molar-refractivity contribution in [3.63, 3.8) is 0 Å². The number of hydrogen-bond acceptors (Lipinski definition) is 5. The highest BCUT2D eigenvalue weighted by atomic mass is 32.2. The first-order valence-electron chi connectivity index (χ1n) is 5.72. The molecule has 0 aromatic rings. The Hall–Kier alpha value is -1.35. The number of aliphatic hydroxyl groups excluding tert-OH is 1. The summed E-state index contributed by atoms with van der Waals surface area (Å²) in [4.78, 5) is 25.2. The summed E-state index contributed by atoms with van der Waals surface area (Å²) in [6, 6.07) is -1.66. The summed E-state index contributed by atoms with van der Waals surface area (Å²) in [7, 11) is -1.80. The van der Waals surface area contributed by atoms with Gasteiger partial charge in [0.1, 0.15) is 15.9 Å². The summed E-state index contributed by atoms with van der Waals surface area (Å²) in [6.07, 6.45) is 0.180. The van der Waals surface area contributed by atoms with E-state index in [4.69, 9.17) is 5.11 Å². The van der Waals surface area contributed by atoms with Crippen LogP contribution >= 0.6 is 0 Å². The molecular formula is C10H18N2O6S. The summed E-state index contributed by atoms with van der Waals surface area (Å²) in [5.41, 5.74) is 0. The Morgan fingerprint density at radius 1 is 1.42 bits per heavy atom. The van der Waals surface area contributed by atoms with Gasteiger partial charge in [0.15, 0.2) is 0 Å². The van der Waals surface area contributed by atoms with E-state index in [0.717, 1.165) is 16.1 Å². The average molecular weight is 294 g/mol. The van der Waals surface area contributed by atoms with E-state index in [1.54, 1.807) is 0 Å². The molecule has 0 aromatic heterocycles. The molecule has 2 amide bonds. The highest BCUT2D eigenvalue weighted by Crippen LogP contribution is 2.19. The van der Waals surface area contributed by atoms with Gasteiger partial charge in [-0.05, 0) is 0 Å². The Bertz CT molecular complexity index is 463. The smallest absolute Gasteiger partial charge is 0.326 e. The first-order valence-corrected chi connectivity index (χ1v) is 7.78. The molecular weight excluding hydrogens is 276 g/mol. The summed E-state index contributed by atoms with van der Waals surface area (Å²) in [6.45, 7) is -0.0738. The summed E-state index contributed by atoms with van der Waals surface area (Å²) < 4.78 is 22.0. The third-order valence-corrected chi connectivity index (χ3v) is 3.86. The molecule has 1 heterocycles. The number of carbonyl (C=O) groups is 2. The Kier molecular flexibility index (Phi) is 4.75. The van der Waals surface area contributed by atoms with Crippen LogP contribution < -0.4 is 0 Å². The molecule has 0 aromatic carbocycles. The predicted molar refractivity (Wildman–Crippen MR) is 66.5 cm³/mol. The van der Waals surface area contributed by atoms with Gasteiger partial charge in [-0.2, -0.15) is 0 Å². The molecule has 1 aliphatic heterocycles. The summed E-state index contributed by atoms with van der Waals surface area (Å²) >= 11 is 0. The van der Waals surface area contributed by atoms with Gasteiger partial charge in [-0.15, -0.1) is 0 Å². The zero-order chi connectivity index (χ0) is 14.8. The topological polar surface area (TPSA) is 115 Å². The minimum atomic E-state index is -3.19. The van der Waals surface area contributed by atoms with Gasteiger partial charge < -0.3 is 20.0 Å². The number of β-amino-alcohol motifs (C(OH)–C–C–N with tert-alkyl or cyclic N) is 1. The number of sulfone groups is 1. The normalized spacial score (nSPS) is 23.4. The highest BCUT2D eigenvalue weighted by molar-refractivity contribution is 7.90. The SMILES string of the molecule is CN(CCS(C)(=O)=O)C(=O)N1C[C@H](O)C[C@@H]1C(=O)O. The van der Waals surface area contributed by atoms with Crippen molar-refractivity contribution in [1.29, 1.82) is 0 Å². The lowest BCUT2D eigenvalue weighted by molar-refractivity contribution is -0.141.